The van der Waals surface area contributed by atoms with Gasteiger partial charge in [0, 0.05) is 12.1 Å². The second kappa shape index (κ2) is 5.96. The van der Waals surface area contributed by atoms with Crippen LogP contribution in [0.5, 0.6) is 0 Å². The highest BCUT2D eigenvalue weighted by molar-refractivity contribution is 8.18. The molecule has 0 aromatic heterocycles. The van der Waals surface area contributed by atoms with E-state index in [1.807, 2.05) is 24.3 Å². The molecule has 3 rings (SSSR count). The number of amides is 3. The second-order valence-electron chi connectivity index (χ2n) is 5.23. The molecule has 22 heavy (non-hydrogen) atoms. The molecule has 0 aliphatic carbocycles. The highest BCUT2D eigenvalue weighted by Gasteiger charge is 2.39. The van der Waals surface area contributed by atoms with Gasteiger partial charge in [0.2, 0.25) is 0 Å². The smallest absolute Gasteiger partial charge is 0.290 e. The number of imide groups is 1. The van der Waals surface area contributed by atoms with E-state index in [1.165, 1.54) is 0 Å². The van der Waals surface area contributed by atoms with Gasteiger partial charge >= 0.3 is 0 Å². The van der Waals surface area contributed by atoms with Crippen molar-refractivity contribution in [1.82, 2.24) is 5.32 Å². The van der Waals surface area contributed by atoms with Gasteiger partial charge in [0.05, 0.1) is 16.2 Å². The van der Waals surface area contributed by atoms with Gasteiger partial charge in [0.15, 0.2) is 0 Å². The fraction of sp³-hybridized carbons (Fsp3) is 0.312. The van der Waals surface area contributed by atoms with Crippen LogP contribution in [0.15, 0.2) is 29.2 Å². The Hall–Kier alpha value is -2.08. The molecule has 1 aromatic carbocycles. The molecule has 0 radical (unpaired) electrons. The average molecular weight is 316 g/mol. The summed E-state index contributed by atoms with van der Waals surface area (Å²) in [6, 6.07) is 7.42. The van der Waals surface area contributed by atoms with Crippen molar-refractivity contribution in [3.8, 4) is 0 Å². The summed E-state index contributed by atoms with van der Waals surface area (Å²) in [6.45, 7) is 2.74. The predicted molar refractivity (Wildman–Crippen MR) is 86.4 cm³/mol. The minimum Gasteiger partial charge on any atom is -0.308 e. The number of benzene rings is 1. The number of thioether (sulfide) groups is 1. The van der Waals surface area contributed by atoms with Crippen molar-refractivity contribution < 1.29 is 14.4 Å². The van der Waals surface area contributed by atoms with Crippen molar-refractivity contribution in [3.05, 3.63) is 34.7 Å². The third-order valence-electron chi connectivity index (χ3n) is 3.75. The van der Waals surface area contributed by atoms with E-state index in [1.54, 1.807) is 4.90 Å². The van der Waals surface area contributed by atoms with Gasteiger partial charge in [-0.15, -0.1) is 0 Å². The summed E-state index contributed by atoms with van der Waals surface area (Å²) in [6.07, 6.45) is 3.04. The summed E-state index contributed by atoms with van der Waals surface area (Å²) >= 11 is 0.801. The monoisotopic (exact) mass is 316 g/mol. The molecule has 1 saturated heterocycles. The third kappa shape index (κ3) is 2.43. The van der Waals surface area contributed by atoms with Crippen molar-refractivity contribution in [2.24, 2.45) is 0 Å². The third-order valence-corrected chi connectivity index (χ3v) is 4.63. The van der Waals surface area contributed by atoms with Crippen LogP contribution in [0.25, 0.3) is 5.57 Å². The van der Waals surface area contributed by atoms with Gasteiger partial charge in [0.25, 0.3) is 17.1 Å². The molecule has 0 spiro atoms. The predicted octanol–water partition coefficient (Wildman–Crippen LogP) is 2.92. The van der Waals surface area contributed by atoms with Crippen LogP contribution < -0.4 is 10.2 Å². The van der Waals surface area contributed by atoms with Crippen LogP contribution >= 0.6 is 11.8 Å². The molecule has 2 aliphatic rings. The summed E-state index contributed by atoms with van der Waals surface area (Å²) in [5.74, 6) is -0.673. The number of hydrogen-bond acceptors (Lipinski definition) is 4. The lowest BCUT2D eigenvalue weighted by Crippen LogP contribution is -2.28. The summed E-state index contributed by atoms with van der Waals surface area (Å²) < 4.78 is 0. The maximum atomic E-state index is 12.8. The van der Waals surface area contributed by atoms with Gasteiger partial charge in [-0.3, -0.25) is 19.7 Å². The fourth-order valence-corrected chi connectivity index (χ4v) is 3.49. The van der Waals surface area contributed by atoms with E-state index in [0.717, 1.165) is 42.3 Å². The first-order chi connectivity index (χ1) is 10.6. The Labute approximate surface area is 132 Å². The fourth-order valence-electron chi connectivity index (χ4n) is 2.72. The molecule has 2 heterocycles. The summed E-state index contributed by atoms with van der Waals surface area (Å²) in [7, 11) is 0. The summed E-state index contributed by atoms with van der Waals surface area (Å²) in [4.78, 5) is 38.0. The van der Waals surface area contributed by atoms with Gasteiger partial charge in [-0.2, -0.15) is 0 Å². The Bertz CT molecular complexity index is 696. The number of carbonyl (C=O) groups excluding carboxylic acids is 3. The second-order valence-corrected chi connectivity index (χ2v) is 6.21. The first kappa shape index (κ1) is 14.8. The molecule has 1 aromatic rings. The molecule has 0 saturated carbocycles. The summed E-state index contributed by atoms with van der Waals surface area (Å²) in [5, 5.41) is 1.79. The highest BCUT2D eigenvalue weighted by Crippen LogP contribution is 2.42. The first-order valence-corrected chi connectivity index (χ1v) is 8.14. The number of para-hydroxylation sites is 1. The molecular formula is C16H16N2O3S. The minimum absolute atomic E-state index is 0.190. The Morgan fingerprint density at radius 2 is 1.91 bits per heavy atom. The quantitative estimate of drug-likeness (QED) is 0.685. The van der Waals surface area contributed by atoms with Crippen LogP contribution in [-0.4, -0.2) is 23.6 Å². The van der Waals surface area contributed by atoms with Gasteiger partial charge in [-0.1, -0.05) is 38.0 Å². The van der Waals surface area contributed by atoms with Crippen LogP contribution in [-0.2, 0) is 9.59 Å². The SMILES string of the molecule is CCCCCN1C(=O)C(=C2SC(=O)NC2=O)c2ccccc21. The normalized spacial score (nSPS) is 20.6. The van der Waals surface area contributed by atoms with E-state index in [9.17, 15) is 14.4 Å². The molecule has 3 amide bonds. The minimum atomic E-state index is -0.483. The van der Waals surface area contributed by atoms with Gasteiger partial charge in [-0.05, 0) is 24.2 Å². The zero-order valence-electron chi connectivity index (χ0n) is 12.2. The topological polar surface area (TPSA) is 66.5 Å². The Kier molecular flexibility index (Phi) is 4.02. The number of anilines is 1. The average Bonchev–Trinajstić information content (AvgIpc) is 2.96. The molecular weight excluding hydrogens is 300 g/mol. The van der Waals surface area contributed by atoms with E-state index in [-0.39, 0.29) is 10.8 Å². The molecule has 0 unspecified atom stereocenters. The Balaban J connectivity index is 2.03. The van der Waals surface area contributed by atoms with Crippen molar-refractivity contribution >= 4 is 40.1 Å². The highest BCUT2D eigenvalue weighted by atomic mass is 32.2. The lowest BCUT2D eigenvalue weighted by molar-refractivity contribution is -0.116. The number of unbranched alkanes of at least 4 members (excludes halogenated alkanes) is 2. The number of nitrogens with zero attached hydrogens (tertiary/aromatic N) is 1. The molecule has 2 aliphatic heterocycles. The lowest BCUT2D eigenvalue weighted by Gasteiger charge is -2.16. The first-order valence-electron chi connectivity index (χ1n) is 7.32. The number of carbonyl (C=O) groups is 3. The largest absolute Gasteiger partial charge is 0.308 e. The van der Waals surface area contributed by atoms with Crippen molar-refractivity contribution in [3.63, 3.8) is 0 Å². The number of nitrogens with one attached hydrogen (secondary N) is 1. The Morgan fingerprint density at radius 3 is 2.59 bits per heavy atom. The molecule has 5 nitrogen and oxygen atoms in total. The van der Waals surface area contributed by atoms with Gasteiger partial charge in [-0.25, -0.2) is 0 Å². The van der Waals surface area contributed by atoms with Crippen LogP contribution in [0.4, 0.5) is 10.5 Å². The van der Waals surface area contributed by atoms with E-state index in [4.69, 9.17) is 0 Å². The maximum absolute atomic E-state index is 12.8. The van der Waals surface area contributed by atoms with Crippen LogP contribution in [0.1, 0.15) is 31.7 Å². The molecule has 6 heteroatoms. The Morgan fingerprint density at radius 1 is 1.14 bits per heavy atom. The van der Waals surface area contributed by atoms with E-state index >= 15 is 0 Å². The lowest BCUT2D eigenvalue weighted by atomic mass is 10.1. The van der Waals surface area contributed by atoms with Crippen LogP contribution in [0, 0.1) is 0 Å². The molecule has 114 valence electrons. The van der Waals surface area contributed by atoms with Gasteiger partial charge in [0.1, 0.15) is 0 Å². The van der Waals surface area contributed by atoms with E-state index in [2.05, 4.69) is 12.2 Å². The van der Waals surface area contributed by atoms with Crippen LogP contribution in [0.2, 0.25) is 0 Å². The molecule has 1 N–H and O–H groups in total. The maximum Gasteiger partial charge on any atom is 0.290 e. The van der Waals surface area contributed by atoms with Crippen molar-refractivity contribution in [2.75, 3.05) is 11.4 Å². The van der Waals surface area contributed by atoms with Crippen molar-refractivity contribution in [2.45, 2.75) is 26.2 Å². The van der Waals surface area contributed by atoms with E-state index < -0.39 is 11.1 Å². The zero-order chi connectivity index (χ0) is 15.7. The molecule has 0 atom stereocenters. The number of rotatable bonds is 4. The molecule has 0 bridgehead atoms. The summed E-state index contributed by atoms with van der Waals surface area (Å²) in [5.41, 5.74) is 1.90. The number of fused-ring (bicyclic) bond motifs is 1. The zero-order valence-corrected chi connectivity index (χ0v) is 13.0. The van der Waals surface area contributed by atoms with Gasteiger partial charge < -0.3 is 4.90 Å². The van der Waals surface area contributed by atoms with Crippen molar-refractivity contribution in [1.29, 1.82) is 0 Å². The molecule has 1 fully saturated rings. The van der Waals surface area contributed by atoms with E-state index in [0.29, 0.717) is 12.1 Å². The van der Waals surface area contributed by atoms with Crippen LogP contribution in [0.3, 0.4) is 0 Å². The standard InChI is InChI=1S/C16H16N2O3S/c1-2-3-6-9-18-11-8-5-4-7-10(11)12(15(18)20)13-14(19)17-16(21)22-13/h4-5,7-8H,2-3,6,9H2,1H3,(H,17,19,21). The number of hydrogen-bond donors (Lipinski definition) is 1.